The van der Waals surface area contributed by atoms with E-state index in [0.29, 0.717) is 0 Å². The van der Waals surface area contributed by atoms with E-state index in [0.717, 1.165) is 16.9 Å². The maximum Gasteiger partial charge on any atom is 0.118 e. The Kier molecular flexibility index (Phi) is 5.21. The van der Waals surface area contributed by atoms with E-state index in [1.54, 1.807) is 19.5 Å². The third-order valence-electron chi connectivity index (χ3n) is 3.69. The van der Waals surface area contributed by atoms with Crippen molar-refractivity contribution in [3.8, 4) is 5.75 Å². The number of methoxy groups -OCH3 is 1. The first-order valence-corrected chi connectivity index (χ1v) is 7.84. The van der Waals surface area contributed by atoms with Gasteiger partial charge in [0.15, 0.2) is 0 Å². The fourth-order valence-corrected chi connectivity index (χ4v) is 2.29. The summed E-state index contributed by atoms with van der Waals surface area (Å²) in [4.78, 5) is 4.02. The Morgan fingerprint density at radius 2 is 0.958 bits per heavy atom. The van der Waals surface area contributed by atoms with Gasteiger partial charge in [0, 0.05) is 12.4 Å². The molecule has 0 bridgehead atoms. The van der Waals surface area contributed by atoms with E-state index in [2.05, 4.69) is 53.6 Å². The molecule has 0 saturated carbocycles. The zero-order chi connectivity index (χ0) is 16.6. The Morgan fingerprint density at radius 3 is 1.38 bits per heavy atom. The number of nitrogens with zero attached hydrogens (tertiary/aromatic N) is 1. The van der Waals surface area contributed by atoms with Crippen molar-refractivity contribution in [2.45, 2.75) is 0 Å². The highest BCUT2D eigenvalue weighted by atomic mass is 16.5. The fourth-order valence-electron chi connectivity index (χ4n) is 2.29. The zero-order valence-electron chi connectivity index (χ0n) is 13.6. The van der Waals surface area contributed by atoms with Gasteiger partial charge in [-0.1, -0.05) is 60.7 Å². The smallest absolute Gasteiger partial charge is 0.118 e. The van der Waals surface area contributed by atoms with Gasteiger partial charge in [-0.3, -0.25) is 4.98 Å². The minimum absolute atomic E-state index is 0.873. The van der Waals surface area contributed by atoms with E-state index in [4.69, 9.17) is 4.74 Å². The summed E-state index contributed by atoms with van der Waals surface area (Å²) >= 11 is 0. The lowest BCUT2D eigenvalue weighted by molar-refractivity contribution is 0.415. The van der Waals surface area contributed by atoms with Gasteiger partial charge < -0.3 is 4.74 Å². The third-order valence-corrected chi connectivity index (χ3v) is 3.69. The molecule has 0 N–H and O–H groups in total. The molecular weight excluding hydrogens is 294 g/mol. The monoisotopic (exact) mass is 313 g/mol. The molecule has 3 rings (SSSR count). The highest BCUT2D eigenvalue weighted by Gasteiger charge is 1.92. The van der Waals surface area contributed by atoms with Crippen molar-refractivity contribution in [1.29, 1.82) is 0 Å². The van der Waals surface area contributed by atoms with Gasteiger partial charge in [0.25, 0.3) is 0 Å². The largest absolute Gasteiger partial charge is 0.497 e. The average molecular weight is 313 g/mol. The number of rotatable bonds is 5. The first-order chi connectivity index (χ1) is 11.8. The van der Waals surface area contributed by atoms with Crippen LogP contribution in [0.1, 0.15) is 22.3 Å². The predicted octanol–water partition coefficient (Wildman–Crippen LogP) is 5.43. The third kappa shape index (κ3) is 4.43. The van der Waals surface area contributed by atoms with Gasteiger partial charge in [-0.2, -0.15) is 0 Å². The van der Waals surface area contributed by atoms with Crippen LogP contribution in [-0.4, -0.2) is 12.1 Å². The van der Waals surface area contributed by atoms with Crippen LogP contribution in [0.3, 0.4) is 0 Å². The minimum Gasteiger partial charge on any atom is -0.497 e. The molecule has 0 saturated heterocycles. The van der Waals surface area contributed by atoms with Crippen molar-refractivity contribution < 1.29 is 4.74 Å². The van der Waals surface area contributed by atoms with Crippen LogP contribution in [0.2, 0.25) is 0 Å². The van der Waals surface area contributed by atoms with Crippen molar-refractivity contribution in [3.63, 3.8) is 0 Å². The summed E-state index contributed by atoms with van der Waals surface area (Å²) in [6.45, 7) is 0. The second kappa shape index (κ2) is 7.93. The molecule has 0 unspecified atom stereocenters. The SMILES string of the molecule is COc1ccc(/C=C/c2ccc(/C=C/c3ccncc3)cc2)cc1. The summed E-state index contributed by atoms with van der Waals surface area (Å²) in [5.74, 6) is 0.873. The number of pyridine rings is 1. The van der Waals surface area contributed by atoms with Crippen LogP contribution in [-0.2, 0) is 0 Å². The van der Waals surface area contributed by atoms with Gasteiger partial charge in [0.1, 0.15) is 5.75 Å². The van der Waals surface area contributed by atoms with Crippen LogP contribution >= 0.6 is 0 Å². The van der Waals surface area contributed by atoms with Crippen molar-refractivity contribution in [3.05, 3.63) is 95.3 Å². The molecule has 0 aliphatic heterocycles. The van der Waals surface area contributed by atoms with Gasteiger partial charge in [0.05, 0.1) is 7.11 Å². The summed E-state index contributed by atoms with van der Waals surface area (Å²) in [6.07, 6.45) is 12.0. The summed E-state index contributed by atoms with van der Waals surface area (Å²) in [7, 11) is 1.68. The molecule has 3 aromatic rings. The normalized spacial score (nSPS) is 11.2. The molecule has 118 valence electrons. The molecule has 0 spiro atoms. The number of benzene rings is 2. The Labute approximate surface area is 142 Å². The lowest BCUT2D eigenvalue weighted by Crippen LogP contribution is -1.81. The van der Waals surface area contributed by atoms with E-state index in [9.17, 15) is 0 Å². The van der Waals surface area contributed by atoms with Crippen LogP contribution in [0.15, 0.2) is 73.1 Å². The molecule has 1 aromatic heterocycles. The van der Waals surface area contributed by atoms with E-state index in [1.807, 2.05) is 36.4 Å². The molecule has 0 radical (unpaired) electrons. The van der Waals surface area contributed by atoms with Crippen molar-refractivity contribution in [1.82, 2.24) is 4.98 Å². The Hall–Kier alpha value is -3.13. The second-order valence-electron chi connectivity index (χ2n) is 5.39. The van der Waals surface area contributed by atoms with Gasteiger partial charge in [-0.15, -0.1) is 0 Å². The van der Waals surface area contributed by atoms with Gasteiger partial charge in [-0.05, 0) is 46.5 Å². The van der Waals surface area contributed by atoms with Crippen LogP contribution in [0.25, 0.3) is 24.3 Å². The number of hydrogen-bond donors (Lipinski definition) is 0. The first-order valence-electron chi connectivity index (χ1n) is 7.84. The van der Waals surface area contributed by atoms with E-state index >= 15 is 0 Å². The molecule has 1 heterocycles. The van der Waals surface area contributed by atoms with Gasteiger partial charge in [0.2, 0.25) is 0 Å². The van der Waals surface area contributed by atoms with E-state index in [1.165, 1.54) is 11.1 Å². The van der Waals surface area contributed by atoms with E-state index in [-0.39, 0.29) is 0 Å². The van der Waals surface area contributed by atoms with Crippen LogP contribution in [0.5, 0.6) is 5.75 Å². The van der Waals surface area contributed by atoms with Gasteiger partial charge in [-0.25, -0.2) is 0 Å². The zero-order valence-corrected chi connectivity index (χ0v) is 13.6. The Morgan fingerprint density at radius 1 is 0.583 bits per heavy atom. The second-order valence-corrected chi connectivity index (χ2v) is 5.39. The fraction of sp³-hybridized carbons (Fsp3) is 0.0455. The molecule has 24 heavy (non-hydrogen) atoms. The minimum atomic E-state index is 0.873. The molecule has 2 nitrogen and oxygen atoms in total. The molecule has 0 atom stereocenters. The molecule has 0 fully saturated rings. The number of hydrogen-bond acceptors (Lipinski definition) is 2. The van der Waals surface area contributed by atoms with Crippen molar-refractivity contribution >= 4 is 24.3 Å². The summed E-state index contributed by atoms with van der Waals surface area (Å²) in [5.41, 5.74) is 4.64. The standard InChI is InChI=1S/C22H19NO/c1-24-22-12-10-20(11-13-22)7-6-18-2-4-19(5-3-18)8-9-21-14-16-23-17-15-21/h2-17H,1H3/b7-6+,9-8+. The molecular formula is C22H19NO. The summed E-state index contributed by atoms with van der Waals surface area (Å²) < 4.78 is 5.17. The van der Waals surface area contributed by atoms with Crippen LogP contribution < -0.4 is 4.74 Å². The van der Waals surface area contributed by atoms with Crippen molar-refractivity contribution in [2.24, 2.45) is 0 Å². The van der Waals surface area contributed by atoms with Gasteiger partial charge >= 0.3 is 0 Å². The lowest BCUT2D eigenvalue weighted by atomic mass is 10.1. The van der Waals surface area contributed by atoms with Crippen molar-refractivity contribution in [2.75, 3.05) is 7.11 Å². The maximum absolute atomic E-state index is 5.17. The van der Waals surface area contributed by atoms with Crippen LogP contribution in [0.4, 0.5) is 0 Å². The topological polar surface area (TPSA) is 22.1 Å². The average Bonchev–Trinajstić information content (AvgIpc) is 2.67. The van der Waals surface area contributed by atoms with Crippen LogP contribution in [0, 0.1) is 0 Å². The molecule has 2 heteroatoms. The Bertz CT molecular complexity index is 816. The highest BCUT2D eigenvalue weighted by molar-refractivity contribution is 5.73. The number of ether oxygens (including phenoxy) is 1. The Balaban J connectivity index is 1.65. The molecule has 0 aliphatic carbocycles. The molecule has 2 aromatic carbocycles. The highest BCUT2D eigenvalue weighted by Crippen LogP contribution is 2.15. The number of aromatic nitrogens is 1. The molecule has 0 amide bonds. The van der Waals surface area contributed by atoms with E-state index < -0.39 is 0 Å². The predicted molar refractivity (Wildman–Crippen MR) is 102 cm³/mol. The first kappa shape index (κ1) is 15.8. The maximum atomic E-state index is 5.17. The quantitative estimate of drug-likeness (QED) is 0.586. The molecule has 0 aliphatic rings. The summed E-state index contributed by atoms with van der Waals surface area (Å²) in [5, 5.41) is 0. The summed E-state index contributed by atoms with van der Waals surface area (Å²) in [6, 6.07) is 20.5. The lowest BCUT2D eigenvalue weighted by Gasteiger charge is -2.00.